The molecule has 0 spiro atoms. The molecule has 0 N–H and O–H groups in total. The van der Waals surface area contributed by atoms with Crippen LogP contribution in [0.15, 0.2) is 10.2 Å². The lowest BCUT2D eigenvalue weighted by molar-refractivity contribution is -0.136. The first-order valence-electron chi connectivity index (χ1n) is 3.62. The largest absolute Gasteiger partial charge is 0.390 e. The smallest absolute Gasteiger partial charge is 0.303 e. The van der Waals surface area contributed by atoms with Gasteiger partial charge in [-0.25, -0.2) is 0 Å². The second-order valence-corrected chi connectivity index (χ2v) is 3.48. The van der Waals surface area contributed by atoms with Crippen LogP contribution < -0.4 is 4.87 Å². The van der Waals surface area contributed by atoms with E-state index in [0.29, 0.717) is 5.69 Å². The van der Waals surface area contributed by atoms with E-state index in [9.17, 15) is 18.0 Å². The number of alkyl halides is 3. The average molecular weight is 211 g/mol. The number of halogens is 3. The Labute approximate surface area is 76.6 Å². The Bertz CT molecular complexity index is 338. The zero-order valence-corrected chi connectivity index (χ0v) is 7.71. The minimum Gasteiger partial charge on any atom is -0.303 e. The highest BCUT2D eigenvalue weighted by Crippen LogP contribution is 2.20. The third-order valence-corrected chi connectivity index (χ3v) is 2.48. The van der Waals surface area contributed by atoms with Gasteiger partial charge in [0.25, 0.3) is 0 Å². The molecule has 0 aromatic carbocycles. The summed E-state index contributed by atoms with van der Waals surface area (Å²) in [6.07, 6.45) is -5.15. The Kier molecular flexibility index (Phi) is 2.80. The number of rotatable bonds is 2. The molecular weight excluding hydrogens is 203 g/mol. The van der Waals surface area contributed by atoms with Gasteiger partial charge < -0.3 is 4.57 Å². The first-order chi connectivity index (χ1) is 5.90. The molecule has 0 unspecified atom stereocenters. The van der Waals surface area contributed by atoms with Crippen LogP contribution in [0.25, 0.3) is 0 Å². The van der Waals surface area contributed by atoms with E-state index < -0.39 is 12.6 Å². The van der Waals surface area contributed by atoms with Crippen LogP contribution in [0, 0.1) is 6.92 Å². The molecule has 0 saturated heterocycles. The molecule has 1 rings (SSSR count). The quantitative estimate of drug-likeness (QED) is 0.734. The molecule has 0 fully saturated rings. The molecule has 0 saturated carbocycles. The Morgan fingerprint density at radius 1 is 1.54 bits per heavy atom. The Balaban J connectivity index is 2.70. The zero-order chi connectivity index (χ0) is 10.1. The predicted octanol–water partition coefficient (Wildman–Crippen LogP) is 2.17. The molecule has 1 aromatic heterocycles. The van der Waals surface area contributed by atoms with Gasteiger partial charge in [-0.2, -0.15) is 13.2 Å². The summed E-state index contributed by atoms with van der Waals surface area (Å²) >= 11 is 0.922. The summed E-state index contributed by atoms with van der Waals surface area (Å²) in [6.45, 7) is 1.34. The minimum absolute atomic E-state index is 0.280. The van der Waals surface area contributed by atoms with E-state index in [2.05, 4.69) is 0 Å². The zero-order valence-electron chi connectivity index (χ0n) is 6.89. The van der Waals surface area contributed by atoms with Crippen molar-refractivity contribution in [2.45, 2.75) is 26.1 Å². The standard InChI is InChI=1S/C7H8F3NOS/c1-5-4-13-6(12)11(5)3-2-7(8,9)10/h4H,2-3H2,1H3. The van der Waals surface area contributed by atoms with Crippen LogP contribution in [0.1, 0.15) is 12.1 Å². The SMILES string of the molecule is Cc1csc(=O)n1CCC(F)(F)F. The maximum Gasteiger partial charge on any atom is 0.390 e. The van der Waals surface area contributed by atoms with Gasteiger partial charge >= 0.3 is 11.0 Å². The summed E-state index contributed by atoms with van der Waals surface area (Å²) in [4.78, 5) is 10.6. The summed E-state index contributed by atoms with van der Waals surface area (Å²) in [5, 5.41) is 1.55. The highest BCUT2D eigenvalue weighted by molar-refractivity contribution is 7.07. The van der Waals surface area contributed by atoms with Crippen molar-refractivity contribution in [1.82, 2.24) is 4.57 Å². The number of hydrogen-bond acceptors (Lipinski definition) is 2. The van der Waals surface area contributed by atoms with E-state index >= 15 is 0 Å². The van der Waals surface area contributed by atoms with Crippen molar-refractivity contribution in [3.63, 3.8) is 0 Å². The lowest BCUT2D eigenvalue weighted by Gasteiger charge is -2.07. The van der Waals surface area contributed by atoms with E-state index in [1.807, 2.05) is 0 Å². The fraction of sp³-hybridized carbons (Fsp3) is 0.571. The van der Waals surface area contributed by atoms with Crippen LogP contribution >= 0.6 is 11.3 Å². The molecule has 6 heteroatoms. The molecular formula is C7H8F3NOS. The topological polar surface area (TPSA) is 22.0 Å². The van der Waals surface area contributed by atoms with Gasteiger partial charge in [0, 0.05) is 17.6 Å². The van der Waals surface area contributed by atoms with Crippen molar-refractivity contribution in [3.05, 3.63) is 20.7 Å². The molecule has 0 aliphatic carbocycles. The van der Waals surface area contributed by atoms with Gasteiger partial charge in [0.2, 0.25) is 0 Å². The molecule has 0 amide bonds. The molecule has 2 nitrogen and oxygen atoms in total. The van der Waals surface area contributed by atoms with E-state index in [1.165, 1.54) is 0 Å². The third kappa shape index (κ3) is 2.87. The van der Waals surface area contributed by atoms with Crippen molar-refractivity contribution in [2.75, 3.05) is 0 Å². The van der Waals surface area contributed by atoms with Crippen molar-refractivity contribution in [1.29, 1.82) is 0 Å². The van der Waals surface area contributed by atoms with E-state index in [4.69, 9.17) is 0 Å². The maximum atomic E-state index is 11.8. The minimum atomic E-state index is -4.20. The number of nitrogens with zero attached hydrogens (tertiary/aromatic N) is 1. The Morgan fingerprint density at radius 2 is 2.15 bits per heavy atom. The normalized spacial score (nSPS) is 12.0. The van der Waals surface area contributed by atoms with Crippen molar-refractivity contribution >= 4 is 11.3 Å². The van der Waals surface area contributed by atoms with Gasteiger partial charge in [0.1, 0.15) is 0 Å². The van der Waals surface area contributed by atoms with Crippen molar-refractivity contribution in [3.8, 4) is 0 Å². The van der Waals surface area contributed by atoms with E-state index in [-0.39, 0.29) is 11.4 Å². The van der Waals surface area contributed by atoms with Crippen LogP contribution in [-0.4, -0.2) is 10.7 Å². The van der Waals surface area contributed by atoms with Crippen LogP contribution in [0.5, 0.6) is 0 Å². The molecule has 1 aromatic rings. The molecule has 0 radical (unpaired) electrons. The van der Waals surface area contributed by atoms with E-state index in [0.717, 1.165) is 15.9 Å². The molecule has 0 aliphatic rings. The fourth-order valence-corrected chi connectivity index (χ4v) is 1.67. The van der Waals surface area contributed by atoms with Crippen LogP contribution in [0.2, 0.25) is 0 Å². The van der Waals surface area contributed by atoms with E-state index in [1.54, 1.807) is 12.3 Å². The molecule has 0 aliphatic heterocycles. The lowest BCUT2D eigenvalue weighted by atomic mass is 10.4. The van der Waals surface area contributed by atoms with Gasteiger partial charge in [-0.3, -0.25) is 4.79 Å². The van der Waals surface area contributed by atoms with Crippen LogP contribution in [0.4, 0.5) is 13.2 Å². The van der Waals surface area contributed by atoms with Gasteiger partial charge in [0.05, 0.1) is 6.42 Å². The summed E-state index contributed by atoms with van der Waals surface area (Å²) < 4.78 is 36.5. The second-order valence-electron chi connectivity index (χ2n) is 2.66. The lowest BCUT2D eigenvalue weighted by Crippen LogP contribution is -2.19. The van der Waals surface area contributed by atoms with Gasteiger partial charge in [-0.15, -0.1) is 0 Å². The van der Waals surface area contributed by atoms with Gasteiger partial charge in [-0.05, 0) is 6.92 Å². The molecule has 13 heavy (non-hydrogen) atoms. The number of aromatic nitrogens is 1. The predicted molar refractivity (Wildman–Crippen MR) is 44.0 cm³/mol. The fourth-order valence-electron chi connectivity index (χ4n) is 0.913. The monoisotopic (exact) mass is 211 g/mol. The maximum absolute atomic E-state index is 11.8. The van der Waals surface area contributed by atoms with Gasteiger partial charge in [-0.1, -0.05) is 11.3 Å². The highest BCUT2D eigenvalue weighted by Gasteiger charge is 2.27. The summed E-state index contributed by atoms with van der Waals surface area (Å²) in [5.41, 5.74) is 0.583. The number of aryl methyl sites for hydroxylation is 1. The van der Waals surface area contributed by atoms with Crippen molar-refractivity contribution < 1.29 is 13.2 Å². The van der Waals surface area contributed by atoms with Gasteiger partial charge in [0.15, 0.2) is 0 Å². The average Bonchev–Trinajstić information content (AvgIpc) is 2.27. The van der Waals surface area contributed by atoms with Crippen molar-refractivity contribution in [2.24, 2.45) is 0 Å². The molecule has 0 bridgehead atoms. The second kappa shape index (κ2) is 3.53. The molecule has 1 heterocycles. The number of thiazole rings is 1. The third-order valence-electron chi connectivity index (χ3n) is 1.60. The molecule has 74 valence electrons. The van der Waals surface area contributed by atoms with Crippen LogP contribution in [0.3, 0.4) is 0 Å². The van der Waals surface area contributed by atoms with Crippen LogP contribution in [-0.2, 0) is 6.54 Å². The highest BCUT2D eigenvalue weighted by atomic mass is 32.1. The summed E-state index contributed by atoms with van der Waals surface area (Å²) in [6, 6.07) is 0. The summed E-state index contributed by atoms with van der Waals surface area (Å²) in [5.74, 6) is 0. The first kappa shape index (κ1) is 10.3. The first-order valence-corrected chi connectivity index (χ1v) is 4.50. The Hall–Kier alpha value is -0.780. The molecule has 0 atom stereocenters. The Morgan fingerprint density at radius 3 is 2.54 bits per heavy atom. The summed E-state index contributed by atoms with van der Waals surface area (Å²) in [7, 11) is 0. The number of hydrogen-bond donors (Lipinski definition) is 0.